The first kappa shape index (κ1) is 14.7. The Labute approximate surface area is 121 Å². The molecule has 1 N–H and O–H groups in total. The van der Waals surface area contributed by atoms with Gasteiger partial charge in [0.05, 0.1) is 5.69 Å². The number of hydrogen-bond donors (Lipinski definition) is 1. The predicted molar refractivity (Wildman–Crippen MR) is 80.2 cm³/mol. The fourth-order valence-electron chi connectivity index (χ4n) is 1.88. The Bertz CT molecular complexity index is 580. The van der Waals surface area contributed by atoms with Gasteiger partial charge in [0.2, 0.25) is 5.91 Å². The molecule has 1 aromatic carbocycles. The summed E-state index contributed by atoms with van der Waals surface area (Å²) in [7, 11) is 0. The number of rotatable bonds is 5. The number of carbonyl (C=O) groups is 1. The van der Waals surface area contributed by atoms with Gasteiger partial charge in [-0.05, 0) is 30.7 Å². The number of nitrogens with zero attached hydrogens (tertiary/aromatic N) is 1. The number of carbonyl (C=O) groups excluding carboxylic acids is 1. The van der Waals surface area contributed by atoms with Crippen LogP contribution in [-0.4, -0.2) is 10.9 Å². The lowest BCUT2D eigenvalue weighted by atomic mass is 10.1. The van der Waals surface area contributed by atoms with Crippen LogP contribution in [0.25, 0.3) is 11.3 Å². The van der Waals surface area contributed by atoms with Crippen molar-refractivity contribution in [1.82, 2.24) is 4.98 Å². The normalized spacial score (nSPS) is 12.2. The van der Waals surface area contributed by atoms with Crippen LogP contribution in [0.1, 0.15) is 26.7 Å². The third kappa shape index (κ3) is 3.63. The van der Waals surface area contributed by atoms with Crippen molar-refractivity contribution in [3.8, 4) is 11.3 Å². The Morgan fingerprint density at radius 2 is 2.10 bits per heavy atom. The second-order valence-electron chi connectivity index (χ2n) is 4.72. The molecule has 0 saturated carbocycles. The molecule has 0 aliphatic heterocycles. The van der Waals surface area contributed by atoms with Gasteiger partial charge in [0.15, 0.2) is 5.13 Å². The molecular weight excluding hydrogens is 275 g/mol. The highest BCUT2D eigenvalue weighted by Gasteiger charge is 2.14. The van der Waals surface area contributed by atoms with E-state index in [4.69, 9.17) is 0 Å². The topological polar surface area (TPSA) is 42.0 Å². The molecule has 3 nitrogen and oxygen atoms in total. The van der Waals surface area contributed by atoms with Crippen LogP contribution in [0, 0.1) is 11.7 Å². The SMILES string of the molecule is CCCC(C)C(=O)Nc1nc(-c2ccc(F)cc2)cs1. The monoisotopic (exact) mass is 292 g/mol. The lowest BCUT2D eigenvalue weighted by Crippen LogP contribution is -2.20. The molecule has 0 fully saturated rings. The van der Waals surface area contributed by atoms with Gasteiger partial charge < -0.3 is 5.32 Å². The van der Waals surface area contributed by atoms with Crippen LogP contribution in [0.3, 0.4) is 0 Å². The minimum atomic E-state index is -0.272. The molecule has 0 saturated heterocycles. The summed E-state index contributed by atoms with van der Waals surface area (Å²) < 4.78 is 12.9. The van der Waals surface area contributed by atoms with Crippen LogP contribution in [0.2, 0.25) is 0 Å². The van der Waals surface area contributed by atoms with E-state index in [0.29, 0.717) is 5.13 Å². The summed E-state index contributed by atoms with van der Waals surface area (Å²) in [5.74, 6) is -0.295. The van der Waals surface area contributed by atoms with Crippen molar-refractivity contribution >= 4 is 22.4 Å². The highest BCUT2D eigenvalue weighted by Crippen LogP contribution is 2.25. The van der Waals surface area contributed by atoms with Crippen LogP contribution in [-0.2, 0) is 4.79 Å². The van der Waals surface area contributed by atoms with Crippen LogP contribution >= 0.6 is 11.3 Å². The molecule has 0 aliphatic carbocycles. The number of anilines is 1. The van der Waals surface area contributed by atoms with Gasteiger partial charge in [-0.2, -0.15) is 0 Å². The molecule has 106 valence electrons. The van der Waals surface area contributed by atoms with Crippen LogP contribution in [0.4, 0.5) is 9.52 Å². The molecule has 2 rings (SSSR count). The van der Waals surface area contributed by atoms with Crippen LogP contribution in [0.5, 0.6) is 0 Å². The average molecular weight is 292 g/mol. The van der Waals surface area contributed by atoms with E-state index in [1.807, 2.05) is 12.3 Å². The molecule has 0 radical (unpaired) electrons. The van der Waals surface area contributed by atoms with Crippen molar-refractivity contribution in [3.05, 3.63) is 35.5 Å². The van der Waals surface area contributed by atoms with Gasteiger partial charge in [0.1, 0.15) is 5.82 Å². The van der Waals surface area contributed by atoms with E-state index in [2.05, 4.69) is 17.2 Å². The van der Waals surface area contributed by atoms with E-state index >= 15 is 0 Å². The number of thiazole rings is 1. The summed E-state index contributed by atoms with van der Waals surface area (Å²) in [5, 5.41) is 5.26. The summed E-state index contributed by atoms with van der Waals surface area (Å²) in [6.45, 7) is 3.97. The standard InChI is InChI=1S/C15H17FN2OS/c1-3-4-10(2)14(19)18-15-17-13(9-20-15)11-5-7-12(16)8-6-11/h5-10H,3-4H2,1-2H3,(H,17,18,19). The minimum Gasteiger partial charge on any atom is -0.302 e. The molecule has 1 aromatic heterocycles. The highest BCUT2D eigenvalue weighted by atomic mass is 32.1. The smallest absolute Gasteiger partial charge is 0.228 e. The Kier molecular flexibility index (Phi) is 4.84. The summed E-state index contributed by atoms with van der Waals surface area (Å²) in [5.41, 5.74) is 1.58. The molecule has 1 unspecified atom stereocenters. The number of aromatic nitrogens is 1. The molecule has 0 aliphatic rings. The second-order valence-corrected chi connectivity index (χ2v) is 5.58. The molecule has 0 spiro atoms. The molecule has 0 bridgehead atoms. The van der Waals surface area contributed by atoms with Gasteiger partial charge >= 0.3 is 0 Å². The van der Waals surface area contributed by atoms with E-state index in [1.165, 1.54) is 23.5 Å². The van der Waals surface area contributed by atoms with Gasteiger partial charge in [0, 0.05) is 16.9 Å². The number of nitrogens with one attached hydrogen (secondary N) is 1. The molecular formula is C15H17FN2OS. The number of amides is 1. The second kappa shape index (κ2) is 6.61. The van der Waals surface area contributed by atoms with Gasteiger partial charge in [-0.1, -0.05) is 20.3 Å². The number of hydrogen-bond acceptors (Lipinski definition) is 3. The fraction of sp³-hybridized carbons (Fsp3) is 0.333. The maximum absolute atomic E-state index is 12.9. The third-order valence-electron chi connectivity index (χ3n) is 3.04. The van der Waals surface area contributed by atoms with Crippen molar-refractivity contribution in [2.45, 2.75) is 26.7 Å². The van der Waals surface area contributed by atoms with E-state index < -0.39 is 0 Å². The summed E-state index contributed by atoms with van der Waals surface area (Å²) in [4.78, 5) is 16.3. The van der Waals surface area contributed by atoms with Crippen molar-refractivity contribution < 1.29 is 9.18 Å². The summed E-state index contributed by atoms with van der Waals surface area (Å²) in [6, 6.07) is 6.15. The zero-order valence-electron chi connectivity index (χ0n) is 11.5. The van der Waals surface area contributed by atoms with Crippen molar-refractivity contribution in [2.24, 2.45) is 5.92 Å². The van der Waals surface area contributed by atoms with Crippen LogP contribution in [0.15, 0.2) is 29.6 Å². The fourth-order valence-corrected chi connectivity index (χ4v) is 2.60. The predicted octanol–water partition coefficient (Wildman–Crippen LogP) is 4.32. The van der Waals surface area contributed by atoms with E-state index in [-0.39, 0.29) is 17.6 Å². The first-order valence-corrected chi connectivity index (χ1v) is 7.50. The number of benzene rings is 1. The van der Waals surface area contributed by atoms with E-state index in [1.54, 1.807) is 12.1 Å². The Balaban J connectivity index is 2.05. The quantitative estimate of drug-likeness (QED) is 0.891. The molecule has 20 heavy (non-hydrogen) atoms. The van der Waals surface area contributed by atoms with Crippen molar-refractivity contribution in [2.75, 3.05) is 5.32 Å². The maximum Gasteiger partial charge on any atom is 0.228 e. The van der Waals surface area contributed by atoms with Crippen LogP contribution < -0.4 is 5.32 Å². The molecule has 2 aromatic rings. The molecule has 5 heteroatoms. The largest absolute Gasteiger partial charge is 0.302 e. The zero-order valence-corrected chi connectivity index (χ0v) is 12.3. The third-order valence-corrected chi connectivity index (χ3v) is 3.80. The zero-order chi connectivity index (χ0) is 14.5. The lowest BCUT2D eigenvalue weighted by molar-refractivity contribution is -0.119. The average Bonchev–Trinajstić information content (AvgIpc) is 2.88. The Morgan fingerprint density at radius 3 is 2.75 bits per heavy atom. The van der Waals surface area contributed by atoms with E-state index in [0.717, 1.165) is 24.1 Å². The lowest BCUT2D eigenvalue weighted by Gasteiger charge is -2.08. The van der Waals surface area contributed by atoms with E-state index in [9.17, 15) is 9.18 Å². The van der Waals surface area contributed by atoms with Gasteiger partial charge in [-0.15, -0.1) is 11.3 Å². The number of halogens is 1. The van der Waals surface area contributed by atoms with Crippen molar-refractivity contribution in [1.29, 1.82) is 0 Å². The first-order valence-electron chi connectivity index (χ1n) is 6.62. The summed E-state index contributed by atoms with van der Waals surface area (Å²) >= 11 is 1.38. The minimum absolute atomic E-state index is 0.00754. The molecule has 1 heterocycles. The Morgan fingerprint density at radius 1 is 1.40 bits per heavy atom. The summed E-state index contributed by atoms with van der Waals surface area (Å²) in [6.07, 6.45) is 1.84. The van der Waals surface area contributed by atoms with Gasteiger partial charge in [-0.25, -0.2) is 9.37 Å². The molecule has 1 atom stereocenters. The van der Waals surface area contributed by atoms with Gasteiger partial charge in [0.25, 0.3) is 0 Å². The molecule has 1 amide bonds. The van der Waals surface area contributed by atoms with Crippen molar-refractivity contribution in [3.63, 3.8) is 0 Å². The maximum atomic E-state index is 12.9. The highest BCUT2D eigenvalue weighted by molar-refractivity contribution is 7.14. The van der Waals surface area contributed by atoms with Gasteiger partial charge in [-0.3, -0.25) is 4.79 Å². The first-order chi connectivity index (χ1) is 9.60. The Hall–Kier alpha value is -1.75.